The number of ether oxygens (including phenoxy) is 1. The second-order valence-electron chi connectivity index (χ2n) is 9.43. The number of carbonyl (C=O) groups is 1. The van der Waals surface area contributed by atoms with Gasteiger partial charge in [0.2, 0.25) is 15.9 Å². The molecule has 4 rings (SSSR count). The highest BCUT2D eigenvalue weighted by atomic mass is 32.2. The van der Waals surface area contributed by atoms with Crippen LogP contribution in [0.3, 0.4) is 0 Å². The number of anilines is 2. The van der Waals surface area contributed by atoms with Crippen molar-refractivity contribution in [2.75, 3.05) is 49.2 Å². The zero-order chi connectivity index (χ0) is 27.3. The summed E-state index contributed by atoms with van der Waals surface area (Å²) in [6, 6.07) is 1.12. The number of rotatable bonds is 8. The van der Waals surface area contributed by atoms with Crippen LogP contribution >= 0.6 is 0 Å². The van der Waals surface area contributed by atoms with Gasteiger partial charge in [0.1, 0.15) is 11.6 Å². The number of carbonyl (C=O) groups excluding carboxylic acids is 1. The number of piperidine rings is 1. The summed E-state index contributed by atoms with van der Waals surface area (Å²) < 4.78 is 72.6. The van der Waals surface area contributed by atoms with Gasteiger partial charge in [0.05, 0.1) is 35.3 Å². The van der Waals surface area contributed by atoms with E-state index in [1.165, 1.54) is 23.6 Å². The third kappa shape index (κ3) is 6.97. The van der Waals surface area contributed by atoms with E-state index in [0.29, 0.717) is 57.1 Å². The van der Waals surface area contributed by atoms with Crippen LogP contribution in [0.25, 0.3) is 11.3 Å². The van der Waals surface area contributed by atoms with E-state index < -0.39 is 33.6 Å². The number of halogens is 3. The Morgan fingerprint density at radius 1 is 1.16 bits per heavy atom. The van der Waals surface area contributed by atoms with E-state index >= 15 is 0 Å². The fourth-order valence-electron chi connectivity index (χ4n) is 4.56. The van der Waals surface area contributed by atoms with Gasteiger partial charge in [-0.3, -0.25) is 9.78 Å². The van der Waals surface area contributed by atoms with Gasteiger partial charge in [-0.25, -0.2) is 22.7 Å². The van der Waals surface area contributed by atoms with Crippen LogP contribution in [0.2, 0.25) is 0 Å². The molecule has 14 heteroatoms. The molecule has 0 aliphatic carbocycles. The molecule has 2 N–H and O–H groups in total. The predicted octanol–water partition coefficient (Wildman–Crippen LogP) is 3.40. The van der Waals surface area contributed by atoms with E-state index in [1.807, 2.05) is 0 Å². The zero-order valence-electron chi connectivity index (χ0n) is 21.0. The van der Waals surface area contributed by atoms with Crippen LogP contribution in [0.5, 0.6) is 0 Å². The molecular weight excluding hydrogens is 525 g/mol. The Morgan fingerprint density at radius 2 is 1.92 bits per heavy atom. The summed E-state index contributed by atoms with van der Waals surface area (Å²) in [6.45, 7) is 3.82. The zero-order valence-corrected chi connectivity index (χ0v) is 21.8. The minimum absolute atomic E-state index is 0.0157. The first-order valence-corrected chi connectivity index (χ1v) is 14.2. The van der Waals surface area contributed by atoms with Crippen molar-refractivity contribution in [3.05, 3.63) is 30.2 Å². The van der Waals surface area contributed by atoms with Crippen LogP contribution in [0.4, 0.5) is 24.8 Å². The molecule has 0 saturated carbocycles. The Bertz CT molecular complexity index is 1240. The number of alkyl halides is 3. The largest absolute Gasteiger partial charge is 0.418 e. The fraction of sp³-hybridized carbons (Fsp3) is 0.583. The second-order valence-corrected chi connectivity index (χ2v) is 11.7. The molecule has 2 saturated heterocycles. The maximum atomic E-state index is 13.8. The average molecular weight is 557 g/mol. The van der Waals surface area contributed by atoms with Crippen molar-refractivity contribution in [3.8, 4) is 11.3 Å². The van der Waals surface area contributed by atoms with Crippen molar-refractivity contribution < 1.29 is 31.1 Å². The number of hydrogen-bond donors (Lipinski definition) is 2. The summed E-state index contributed by atoms with van der Waals surface area (Å²) in [7, 11) is -3.46. The van der Waals surface area contributed by atoms with Gasteiger partial charge in [0.25, 0.3) is 0 Å². The Morgan fingerprint density at radius 3 is 2.63 bits per heavy atom. The van der Waals surface area contributed by atoms with Gasteiger partial charge in [0.15, 0.2) is 0 Å². The molecule has 208 valence electrons. The van der Waals surface area contributed by atoms with Crippen molar-refractivity contribution in [2.45, 2.75) is 38.8 Å². The molecule has 0 bridgehead atoms. The van der Waals surface area contributed by atoms with Crippen LogP contribution in [0, 0.1) is 11.8 Å². The lowest BCUT2D eigenvalue weighted by atomic mass is 9.98. The summed E-state index contributed by atoms with van der Waals surface area (Å²) in [5.41, 5.74) is -1.31. The molecule has 2 aliphatic heterocycles. The minimum atomic E-state index is -4.71. The summed E-state index contributed by atoms with van der Waals surface area (Å²) in [5.74, 6) is -0.604. The highest BCUT2D eigenvalue weighted by Crippen LogP contribution is 2.37. The number of aromatic nitrogens is 3. The van der Waals surface area contributed by atoms with E-state index in [4.69, 9.17) is 4.74 Å². The maximum Gasteiger partial charge on any atom is 0.418 e. The molecule has 0 aromatic carbocycles. The topological polar surface area (TPSA) is 126 Å². The van der Waals surface area contributed by atoms with Gasteiger partial charge in [-0.2, -0.15) is 13.2 Å². The van der Waals surface area contributed by atoms with Crippen LogP contribution in [0.15, 0.2) is 24.7 Å². The quantitative estimate of drug-likeness (QED) is 0.507. The molecule has 1 amide bonds. The monoisotopic (exact) mass is 556 g/mol. The molecule has 10 nitrogen and oxygen atoms in total. The molecular formula is C24H31F3N6O4S. The van der Waals surface area contributed by atoms with E-state index in [9.17, 15) is 26.4 Å². The van der Waals surface area contributed by atoms with Gasteiger partial charge in [0, 0.05) is 44.6 Å². The van der Waals surface area contributed by atoms with E-state index in [2.05, 4.69) is 25.6 Å². The maximum absolute atomic E-state index is 13.8. The predicted molar refractivity (Wildman–Crippen MR) is 135 cm³/mol. The van der Waals surface area contributed by atoms with Crippen LogP contribution < -0.4 is 10.6 Å². The van der Waals surface area contributed by atoms with Crippen molar-refractivity contribution in [2.24, 2.45) is 11.8 Å². The molecule has 0 radical (unpaired) electrons. The third-order valence-electron chi connectivity index (χ3n) is 6.80. The molecule has 0 unspecified atom stereocenters. The van der Waals surface area contributed by atoms with Crippen molar-refractivity contribution in [3.63, 3.8) is 0 Å². The summed E-state index contributed by atoms with van der Waals surface area (Å²) >= 11 is 0. The normalized spacial score (nSPS) is 19.7. The second kappa shape index (κ2) is 11.9. The van der Waals surface area contributed by atoms with Gasteiger partial charge in [-0.05, 0) is 44.6 Å². The number of hydrogen-bond acceptors (Lipinski definition) is 8. The molecule has 2 aromatic heterocycles. The summed E-state index contributed by atoms with van der Waals surface area (Å²) in [5, 5.41) is 5.70. The number of sulfonamides is 1. The Kier molecular flexibility index (Phi) is 8.83. The van der Waals surface area contributed by atoms with Gasteiger partial charge < -0.3 is 15.4 Å². The van der Waals surface area contributed by atoms with Gasteiger partial charge >= 0.3 is 6.18 Å². The average Bonchev–Trinajstić information content (AvgIpc) is 2.92. The van der Waals surface area contributed by atoms with E-state index in [0.717, 1.165) is 18.9 Å². The SMILES string of the molecule is CCS(=O)(=O)N1CCC[C@H](C(=O)Nc2cc(-c3cncc(NCC4CCOCC4)n3)c(C(F)(F)F)cn2)C1. The lowest BCUT2D eigenvalue weighted by Gasteiger charge is -2.30. The lowest BCUT2D eigenvalue weighted by molar-refractivity contribution is -0.137. The summed E-state index contributed by atoms with van der Waals surface area (Å²) in [4.78, 5) is 25.1. The van der Waals surface area contributed by atoms with Crippen LogP contribution in [0.1, 0.15) is 38.2 Å². The molecule has 2 aromatic rings. The fourth-order valence-corrected chi connectivity index (χ4v) is 5.74. The molecule has 0 spiro atoms. The van der Waals surface area contributed by atoms with Crippen LogP contribution in [-0.2, 0) is 25.7 Å². The van der Waals surface area contributed by atoms with E-state index in [-0.39, 0.29) is 29.4 Å². The Labute approximate surface area is 219 Å². The molecule has 2 fully saturated rings. The Balaban J connectivity index is 1.53. The molecule has 1 atom stereocenters. The number of amides is 1. The number of nitrogens with zero attached hydrogens (tertiary/aromatic N) is 4. The first-order chi connectivity index (χ1) is 18.1. The van der Waals surface area contributed by atoms with Crippen LogP contribution in [-0.4, -0.2) is 72.2 Å². The first-order valence-electron chi connectivity index (χ1n) is 12.6. The smallest absolute Gasteiger partial charge is 0.381 e. The number of nitrogens with one attached hydrogen (secondary N) is 2. The molecule has 2 aliphatic rings. The van der Waals surface area contributed by atoms with Gasteiger partial charge in [-0.15, -0.1) is 0 Å². The molecule has 4 heterocycles. The first kappa shape index (κ1) is 28.2. The van der Waals surface area contributed by atoms with Gasteiger partial charge in [-0.1, -0.05) is 0 Å². The Hall–Kier alpha value is -2.84. The standard InChI is InChI=1S/C24H31F3N6O4S/c1-2-38(35,36)33-7-3-4-17(15-33)23(34)32-21-10-18(19(12-30-21)24(25,26)27)20-13-28-14-22(31-20)29-11-16-5-8-37-9-6-16/h10,12-14,16-17H,2-9,11,15H2,1H3,(H,29,31)(H,30,32,34)/t17-/m0/s1. The highest BCUT2D eigenvalue weighted by Gasteiger charge is 2.36. The third-order valence-corrected chi connectivity index (χ3v) is 8.65. The number of pyridine rings is 1. The lowest BCUT2D eigenvalue weighted by Crippen LogP contribution is -2.44. The highest BCUT2D eigenvalue weighted by molar-refractivity contribution is 7.89. The minimum Gasteiger partial charge on any atom is -0.381 e. The van der Waals surface area contributed by atoms with E-state index in [1.54, 1.807) is 0 Å². The van der Waals surface area contributed by atoms with Crippen molar-refractivity contribution in [1.82, 2.24) is 19.3 Å². The molecule has 38 heavy (non-hydrogen) atoms. The van der Waals surface area contributed by atoms with Crippen molar-refractivity contribution in [1.29, 1.82) is 0 Å². The van der Waals surface area contributed by atoms with Crippen molar-refractivity contribution >= 4 is 27.6 Å². The summed E-state index contributed by atoms with van der Waals surface area (Å²) in [6.07, 6.45) is 1.35.